The largest absolute Gasteiger partial charge is 0.488 e. The number of anilines is 1. The summed E-state index contributed by atoms with van der Waals surface area (Å²) in [6, 6.07) is 18.2. The summed E-state index contributed by atoms with van der Waals surface area (Å²) in [6.45, 7) is 0.529. The third-order valence-corrected chi connectivity index (χ3v) is 5.48. The molecule has 0 bridgehead atoms. The summed E-state index contributed by atoms with van der Waals surface area (Å²) in [5.74, 6) is 0.605. The second kappa shape index (κ2) is 10.2. The first-order valence-corrected chi connectivity index (χ1v) is 10.9. The Kier molecular flexibility index (Phi) is 6.89. The lowest BCUT2D eigenvalue weighted by Crippen LogP contribution is -2.26. The average molecular weight is 509 g/mol. The van der Waals surface area contributed by atoms with Crippen molar-refractivity contribution in [1.82, 2.24) is 15.1 Å². The van der Waals surface area contributed by atoms with E-state index in [1.807, 2.05) is 30.3 Å². The van der Waals surface area contributed by atoms with Gasteiger partial charge >= 0.3 is 0 Å². The molecule has 0 fully saturated rings. The number of carbonyl (C=O) groups excluding carboxylic acids is 2. The van der Waals surface area contributed by atoms with Gasteiger partial charge in [0, 0.05) is 12.6 Å². The first kappa shape index (κ1) is 22.3. The Morgan fingerprint density at radius 3 is 2.73 bits per heavy atom. The number of benzene rings is 2. The summed E-state index contributed by atoms with van der Waals surface area (Å²) in [5.41, 5.74) is 1.83. The monoisotopic (exact) mass is 508 g/mol. The summed E-state index contributed by atoms with van der Waals surface area (Å²) in [6.07, 6.45) is 2.98. The number of ether oxygens (including phenoxy) is 1. The van der Waals surface area contributed by atoms with Gasteiger partial charge in [0.05, 0.1) is 29.2 Å². The van der Waals surface area contributed by atoms with Gasteiger partial charge in [-0.25, -0.2) is 0 Å². The lowest BCUT2D eigenvalue weighted by atomic mass is 10.1. The molecule has 0 saturated carbocycles. The van der Waals surface area contributed by atoms with Crippen molar-refractivity contribution in [3.8, 4) is 5.75 Å². The van der Waals surface area contributed by atoms with Gasteiger partial charge in [-0.1, -0.05) is 24.3 Å². The van der Waals surface area contributed by atoms with Gasteiger partial charge in [0.1, 0.15) is 23.8 Å². The second-order valence-electron chi connectivity index (χ2n) is 7.17. The molecule has 4 aromatic rings. The maximum absolute atomic E-state index is 12.9. The maximum atomic E-state index is 12.9. The van der Waals surface area contributed by atoms with Crippen molar-refractivity contribution in [3.63, 3.8) is 0 Å². The third-order valence-electron chi connectivity index (χ3n) is 4.83. The highest BCUT2D eigenvalue weighted by Gasteiger charge is 2.19. The van der Waals surface area contributed by atoms with Crippen LogP contribution in [-0.2, 0) is 20.2 Å². The zero-order valence-electron chi connectivity index (χ0n) is 17.7. The van der Waals surface area contributed by atoms with Crippen molar-refractivity contribution in [1.29, 1.82) is 0 Å². The van der Waals surface area contributed by atoms with E-state index in [2.05, 4.69) is 31.7 Å². The lowest BCUT2D eigenvalue weighted by Gasteiger charge is -2.10. The molecule has 168 valence electrons. The second-order valence-corrected chi connectivity index (χ2v) is 8.02. The van der Waals surface area contributed by atoms with Gasteiger partial charge in [-0.15, -0.1) is 0 Å². The average Bonchev–Trinajstić information content (AvgIpc) is 3.47. The number of hydrogen-bond donors (Lipinski definition) is 2. The van der Waals surface area contributed by atoms with Crippen LogP contribution in [0.15, 0.2) is 82.0 Å². The molecule has 0 unspecified atom stereocenters. The van der Waals surface area contributed by atoms with Crippen LogP contribution in [0.4, 0.5) is 5.69 Å². The van der Waals surface area contributed by atoms with Crippen LogP contribution in [0.2, 0.25) is 0 Å². The van der Waals surface area contributed by atoms with Crippen LogP contribution in [-0.4, -0.2) is 21.6 Å². The van der Waals surface area contributed by atoms with Crippen LogP contribution in [0.1, 0.15) is 32.2 Å². The molecule has 2 aromatic heterocycles. The van der Waals surface area contributed by atoms with Crippen LogP contribution in [0.5, 0.6) is 5.75 Å². The number of amides is 2. The SMILES string of the molecule is Cn1ncc(NC(=O)c2cccc(COc3ccccc3Br)c2)c1C(=O)NCc1ccco1. The molecule has 8 nitrogen and oxygen atoms in total. The van der Waals surface area contributed by atoms with Crippen LogP contribution in [0.25, 0.3) is 0 Å². The topological polar surface area (TPSA) is 98.4 Å². The summed E-state index contributed by atoms with van der Waals surface area (Å²) < 4.78 is 13.3. The lowest BCUT2D eigenvalue weighted by molar-refractivity contribution is 0.0939. The molecule has 0 spiro atoms. The Balaban J connectivity index is 1.43. The van der Waals surface area contributed by atoms with E-state index in [9.17, 15) is 9.59 Å². The minimum absolute atomic E-state index is 0.226. The van der Waals surface area contributed by atoms with Gasteiger partial charge in [0.15, 0.2) is 0 Å². The number of aryl methyl sites for hydroxylation is 1. The number of halogens is 1. The molecule has 0 atom stereocenters. The van der Waals surface area contributed by atoms with Crippen molar-refractivity contribution in [3.05, 3.63) is 100 Å². The molecule has 4 rings (SSSR count). The Hall–Kier alpha value is -3.85. The normalized spacial score (nSPS) is 10.6. The third kappa shape index (κ3) is 5.50. The minimum Gasteiger partial charge on any atom is -0.488 e. The van der Waals surface area contributed by atoms with Crippen LogP contribution in [0, 0.1) is 0 Å². The molecule has 2 heterocycles. The smallest absolute Gasteiger partial charge is 0.272 e. The molecule has 33 heavy (non-hydrogen) atoms. The van der Waals surface area contributed by atoms with Crippen molar-refractivity contribution in [2.45, 2.75) is 13.2 Å². The fraction of sp³-hybridized carbons (Fsp3) is 0.125. The molecule has 9 heteroatoms. The van der Waals surface area contributed by atoms with E-state index in [0.717, 1.165) is 10.0 Å². The highest BCUT2D eigenvalue weighted by atomic mass is 79.9. The molecule has 0 saturated heterocycles. The molecule has 2 amide bonds. The molecule has 0 radical (unpaired) electrons. The number of nitrogens with one attached hydrogen (secondary N) is 2. The molecule has 0 aliphatic rings. The van der Waals surface area contributed by atoms with Crippen molar-refractivity contribution >= 4 is 33.4 Å². The minimum atomic E-state index is -0.378. The van der Waals surface area contributed by atoms with Gasteiger partial charge in [0.25, 0.3) is 11.8 Å². The summed E-state index contributed by atoms with van der Waals surface area (Å²) in [5, 5.41) is 9.65. The van der Waals surface area contributed by atoms with E-state index < -0.39 is 0 Å². The van der Waals surface area contributed by atoms with Gasteiger partial charge in [-0.2, -0.15) is 5.10 Å². The number of para-hydroxylation sites is 1. The summed E-state index contributed by atoms with van der Waals surface area (Å²) >= 11 is 3.45. The van der Waals surface area contributed by atoms with Crippen LogP contribution >= 0.6 is 15.9 Å². The molecular formula is C24H21BrN4O4. The number of aromatic nitrogens is 2. The molecule has 2 aromatic carbocycles. The Bertz CT molecular complexity index is 1270. The van der Waals surface area contributed by atoms with Crippen LogP contribution < -0.4 is 15.4 Å². The first-order chi connectivity index (χ1) is 16.0. The molecular weight excluding hydrogens is 488 g/mol. The highest BCUT2D eigenvalue weighted by Crippen LogP contribution is 2.25. The van der Waals surface area contributed by atoms with E-state index in [1.54, 1.807) is 37.4 Å². The standard InChI is InChI=1S/C24H21BrN4O4/c1-29-22(24(31)26-13-18-8-5-11-32-18)20(14-27-29)28-23(30)17-7-4-6-16(12-17)15-33-21-10-3-2-9-19(21)25/h2-12,14H,13,15H2,1H3,(H,26,31)(H,28,30). The fourth-order valence-corrected chi connectivity index (χ4v) is 3.58. The van der Waals surface area contributed by atoms with Crippen molar-refractivity contribution < 1.29 is 18.7 Å². The van der Waals surface area contributed by atoms with E-state index in [0.29, 0.717) is 29.4 Å². The van der Waals surface area contributed by atoms with E-state index >= 15 is 0 Å². The molecule has 0 aliphatic carbocycles. The van der Waals surface area contributed by atoms with Crippen LogP contribution in [0.3, 0.4) is 0 Å². The summed E-state index contributed by atoms with van der Waals surface area (Å²) in [4.78, 5) is 25.6. The van der Waals surface area contributed by atoms with Gasteiger partial charge in [-0.3, -0.25) is 14.3 Å². The van der Waals surface area contributed by atoms with E-state index in [4.69, 9.17) is 9.15 Å². The van der Waals surface area contributed by atoms with Gasteiger partial charge in [-0.05, 0) is 57.9 Å². The fourth-order valence-electron chi connectivity index (χ4n) is 3.18. The quantitative estimate of drug-likeness (QED) is 0.364. The van der Waals surface area contributed by atoms with E-state index in [1.165, 1.54) is 17.1 Å². The van der Waals surface area contributed by atoms with Crippen molar-refractivity contribution in [2.75, 3.05) is 5.32 Å². The predicted molar refractivity (Wildman–Crippen MR) is 126 cm³/mol. The Morgan fingerprint density at radius 1 is 1.09 bits per heavy atom. The highest BCUT2D eigenvalue weighted by molar-refractivity contribution is 9.10. The first-order valence-electron chi connectivity index (χ1n) is 10.1. The molecule has 0 aliphatic heterocycles. The zero-order chi connectivity index (χ0) is 23.2. The number of hydrogen-bond acceptors (Lipinski definition) is 5. The maximum Gasteiger partial charge on any atom is 0.272 e. The number of rotatable bonds is 8. The van der Waals surface area contributed by atoms with Gasteiger partial charge in [0.2, 0.25) is 0 Å². The Labute approximate surface area is 198 Å². The molecule has 2 N–H and O–H groups in total. The number of furan rings is 1. The van der Waals surface area contributed by atoms with Gasteiger partial charge < -0.3 is 19.8 Å². The zero-order valence-corrected chi connectivity index (χ0v) is 19.3. The van der Waals surface area contributed by atoms with Crippen molar-refractivity contribution in [2.24, 2.45) is 7.05 Å². The Morgan fingerprint density at radius 2 is 1.94 bits per heavy atom. The number of nitrogens with zero attached hydrogens (tertiary/aromatic N) is 2. The van der Waals surface area contributed by atoms with E-state index in [-0.39, 0.29) is 24.1 Å². The predicted octanol–water partition coefficient (Wildman–Crippen LogP) is 4.54. The summed E-state index contributed by atoms with van der Waals surface area (Å²) in [7, 11) is 1.64. The number of carbonyl (C=O) groups is 2.